The summed E-state index contributed by atoms with van der Waals surface area (Å²) in [4.78, 5) is 12.6. The average molecular weight is 300 g/mol. The summed E-state index contributed by atoms with van der Waals surface area (Å²) < 4.78 is 0. The lowest BCUT2D eigenvalue weighted by Crippen LogP contribution is -2.31. The predicted octanol–water partition coefficient (Wildman–Crippen LogP) is 3.05. The molecule has 1 aromatic carbocycles. The Labute approximate surface area is 124 Å². The number of hydrogen-bond acceptors (Lipinski definition) is 4. The van der Waals surface area contributed by atoms with Crippen molar-refractivity contribution in [2.45, 2.75) is 32.9 Å². The molecule has 112 valence electrons. The van der Waals surface area contributed by atoms with Crippen molar-refractivity contribution < 1.29 is 4.92 Å². The first-order chi connectivity index (χ1) is 9.31. The maximum absolute atomic E-state index is 11.0. The monoisotopic (exact) mass is 299 g/mol. The van der Waals surface area contributed by atoms with Crippen molar-refractivity contribution in [2.24, 2.45) is 11.7 Å². The van der Waals surface area contributed by atoms with Gasteiger partial charge in [-0.25, -0.2) is 0 Å². The Bertz CT molecular complexity index is 466. The highest BCUT2D eigenvalue weighted by molar-refractivity contribution is 6.30. The molecule has 6 heteroatoms. The first-order valence-electron chi connectivity index (χ1n) is 6.68. The van der Waals surface area contributed by atoms with Crippen molar-refractivity contribution in [2.75, 3.05) is 13.6 Å². The zero-order valence-electron chi connectivity index (χ0n) is 12.2. The molecule has 1 aromatic rings. The van der Waals surface area contributed by atoms with E-state index in [-0.39, 0.29) is 16.7 Å². The van der Waals surface area contributed by atoms with Crippen LogP contribution in [0.1, 0.15) is 25.8 Å². The van der Waals surface area contributed by atoms with E-state index in [4.69, 9.17) is 17.3 Å². The van der Waals surface area contributed by atoms with E-state index >= 15 is 0 Å². The van der Waals surface area contributed by atoms with Crippen molar-refractivity contribution >= 4 is 17.3 Å². The highest BCUT2D eigenvalue weighted by Gasteiger charge is 2.16. The van der Waals surface area contributed by atoms with Gasteiger partial charge in [0.2, 0.25) is 0 Å². The molecule has 0 aliphatic carbocycles. The van der Waals surface area contributed by atoms with Crippen molar-refractivity contribution in [1.29, 1.82) is 0 Å². The Balaban J connectivity index is 2.68. The SMILES string of the molecule is CC(C)C(N)CCN(C)Cc1cc(Cl)ccc1[N+](=O)[O-]. The molecule has 0 saturated carbocycles. The number of benzene rings is 1. The van der Waals surface area contributed by atoms with Crippen LogP contribution >= 0.6 is 11.6 Å². The second kappa shape index (κ2) is 7.57. The third kappa shape index (κ3) is 5.07. The summed E-state index contributed by atoms with van der Waals surface area (Å²) in [5, 5.41) is 11.5. The number of rotatable bonds is 7. The topological polar surface area (TPSA) is 72.4 Å². The molecular formula is C14H22ClN3O2. The fourth-order valence-electron chi connectivity index (χ4n) is 1.93. The lowest BCUT2D eigenvalue weighted by molar-refractivity contribution is -0.385. The van der Waals surface area contributed by atoms with Crippen LogP contribution in [0, 0.1) is 16.0 Å². The van der Waals surface area contributed by atoms with E-state index in [9.17, 15) is 10.1 Å². The second-order valence-electron chi connectivity index (χ2n) is 5.46. The van der Waals surface area contributed by atoms with Crippen molar-refractivity contribution in [3.8, 4) is 0 Å². The van der Waals surface area contributed by atoms with Crippen LogP contribution in [0.15, 0.2) is 18.2 Å². The lowest BCUT2D eigenvalue weighted by Gasteiger charge is -2.21. The van der Waals surface area contributed by atoms with Gasteiger partial charge in [-0.1, -0.05) is 25.4 Å². The third-order valence-electron chi connectivity index (χ3n) is 3.38. The van der Waals surface area contributed by atoms with Crippen LogP contribution in [0.2, 0.25) is 5.02 Å². The van der Waals surface area contributed by atoms with Crippen LogP contribution in [0.3, 0.4) is 0 Å². The summed E-state index contributed by atoms with van der Waals surface area (Å²) in [6.07, 6.45) is 0.864. The van der Waals surface area contributed by atoms with E-state index in [0.29, 0.717) is 23.0 Å². The Kier molecular flexibility index (Phi) is 6.39. The van der Waals surface area contributed by atoms with Crippen LogP contribution in [-0.4, -0.2) is 29.5 Å². The van der Waals surface area contributed by atoms with Gasteiger partial charge in [0.05, 0.1) is 4.92 Å². The molecule has 0 fully saturated rings. The van der Waals surface area contributed by atoms with Gasteiger partial charge < -0.3 is 10.6 Å². The largest absolute Gasteiger partial charge is 0.327 e. The van der Waals surface area contributed by atoms with Crippen LogP contribution in [0.25, 0.3) is 0 Å². The zero-order chi connectivity index (χ0) is 15.3. The number of nitrogens with two attached hydrogens (primary N) is 1. The third-order valence-corrected chi connectivity index (χ3v) is 3.61. The van der Waals surface area contributed by atoms with Crippen molar-refractivity contribution in [3.05, 3.63) is 38.9 Å². The first-order valence-corrected chi connectivity index (χ1v) is 7.06. The van der Waals surface area contributed by atoms with Gasteiger partial charge in [-0.15, -0.1) is 0 Å². The minimum atomic E-state index is -0.376. The van der Waals surface area contributed by atoms with Crippen LogP contribution in [0.5, 0.6) is 0 Å². The number of nitro benzene ring substituents is 1. The predicted molar refractivity (Wildman–Crippen MR) is 81.9 cm³/mol. The van der Waals surface area contributed by atoms with Gasteiger partial charge in [0, 0.05) is 29.2 Å². The summed E-state index contributed by atoms with van der Waals surface area (Å²) in [6.45, 7) is 5.46. The molecule has 0 bridgehead atoms. The van der Waals surface area contributed by atoms with Crippen molar-refractivity contribution in [1.82, 2.24) is 4.90 Å². The molecule has 0 spiro atoms. The van der Waals surface area contributed by atoms with E-state index in [1.54, 1.807) is 6.07 Å². The van der Waals surface area contributed by atoms with Gasteiger partial charge in [-0.05, 0) is 38.1 Å². The molecule has 20 heavy (non-hydrogen) atoms. The molecule has 1 rings (SSSR count). The Morgan fingerprint density at radius 2 is 2.10 bits per heavy atom. The molecule has 2 N–H and O–H groups in total. The normalized spacial score (nSPS) is 12.9. The zero-order valence-corrected chi connectivity index (χ0v) is 12.9. The molecule has 0 aliphatic heterocycles. The van der Waals surface area contributed by atoms with Crippen LogP contribution < -0.4 is 5.73 Å². The van der Waals surface area contributed by atoms with E-state index in [0.717, 1.165) is 13.0 Å². The highest BCUT2D eigenvalue weighted by atomic mass is 35.5. The first kappa shape index (κ1) is 16.9. The molecule has 1 unspecified atom stereocenters. The van der Waals surface area contributed by atoms with E-state index in [1.807, 2.05) is 11.9 Å². The molecule has 0 saturated heterocycles. The molecule has 5 nitrogen and oxygen atoms in total. The standard InChI is InChI=1S/C14H22ClN3O2/c1-10(2)13(16)6-7-17(3)9-11-8-12(15)4-5-14(11)18(19)20/h4-5,8,10,13H,6-7,9,16H2,1-3H3. The number of hydrogen-bond donors (Lipinski definition) is 1. The van der Waals surface area contributed by atoms with E-state index in [1.165, 1.54) is 12.1 Å². The second-order valence-corrected chi connectivity index (χ2v) is 5.90. The summed E-state index contributed by atoms with van der Waals surface area (Å²) in [6, 6.07) is 4.79. The fourth-order valence-corrected chi connectivity index (χ4v) is 2.13. The van der Waals surface area contributed by atoms with Gasteiger partial charge in [-0.3, -0.25) is 10.1 Å². The van der Waals surface area contributed by atoms with E-state index < -0.39 is 0 Å². The Hall–Kier alpha value is -1.17. The number of nitrogens with zero attached hydrogens (tertiary/aromatic N) is 2. The average Bonchev–Trinajstić information content (AvgIpc) is 2.35. The molecular weight excluding hydrogens is 278 g/mol. The van der Waals surface area contributed by atoms with E-state index in [2.05, 4.69) is 13.8 Å². The van der Waals surface area contributed by atoms with Crippen LogP contribution in [0.4, 0.5) is 5.69 Å². The molecule has 1 atom stereocenters. The Morgan fingerprint density at radius 3 is 2.65 bits per heavy atom. The highest BCUT2D eigenvalue weighted by Crippen LogP contribution is 2.23. The maximum Gasteiger partial charge on any atom is 0.273 e. The summed E-state index contributed by atoms with van der Waals surface area (Å²) in [5.41, 5.74) is 6.74. The fraction of sp³-hybridized carbons (Fsp3) is 0.571. The molecule has 0 amide bonds. The molecule has 0 aromatic heterocycles. The lowest BCUT2D eigenvalue weighted by atomic mass is 10.0. The van der Waals surface area contributed by atoms with Crippen LogP contribution in [-0.2, 0) is 6.54 Å². The number of halogens is 1. The summed E-state index contributed by atoms with van der Waals surface area (Å²) >= 11 is 5.91. The quantitative estimate of drug-likeness (QED) is 0.620. The molecule has 0 radical (unpaired) electrons. The number of nitro groups is 1. The van der Waals surface area contributed by atoms with Gasteiger partial charge in [0.15, 0.2) is 0 Å². The van der Waals surface area contributed by atoms with Crippen molar-refractivity contribution in [3.63, 3.8) is 0 Å². The van der Waals surface area contributed by atoms with Gasteiger partial charge in [0.1, 0.15) is 0 Å². The van der Waals surface area contributed by atoms with Gasteiger partial charge >= 0.3 is 0 Å². The van der Waals surface area contributed by atoms with Gasteiger partial charge in [0.25, 0.3) is 5.69 Å². The van der Waals surface area contributed by atoms with Gasteiger partial charge in [-0.2, -0.15) is 0 Å². The summed E-state index contributed by atoms with van der Waals surface area (Å²) in [7, 11) is 1.93. The summed E-state index contributed by atoms with van der Waals surface area (Å²) in [5.74, 6) is 0.434. The minimum absolute atomic E-state index is 0.106. The smallest absolute Gasteiger partial charge is 0.273 e. The Morgan fingerprint density at radius 1 is 1.45 bits per heavy atom. The molecule has 0 heterocycles. The molecule has 0 aliphatic rings. The minimum Gasteiger partial charge on any atom is -0.327 e. The maximum atomic E-state index is 11.0.